The number of likely N-dealkylation sites (tertiary alicyclic amines) is 2. The number of nitrogens with one attached hydrogen (secondary N) is 1. The summed E-state index contributed by atoms with van der Waals surface area (Å²) >= 11 is 0. The minimum absolute atomic E-state index is 0.00146. The Balaban J connectivity index is 1.42. The lowest BCUT2D eigenvalue weighted by molar-refractivity contribution is -0.130. The quantitative estimate of drug-likeness (QED) is 0.880. The first-order chi connectivity index (χ1) is 12.0. The number of benzene rings is 1. The second-order valence-corrected chi connectivity index (χ2v) is 6.66. The maximum absolute atomic E-state index is 13.5. The van der Waals surface area contributed by atoms with Crippen LogP contribution < -0.4 is 5.32 Å². The summed E-state index contributed by atoms with van der Waals surface area (Å²) in [6.45, 7) is 3.87. The predicted octanol–water partition coefficient (Wildman–Crippen LogP) is 1.78. The van der Waals surface area contributed by atoms with Gasteiger partial charge in [-0.05, 0) is 44.5 Å². The molecule has 2 aliphatic rings. The van der Waals surface area contributed by atoms with E-state index in [4.69, 9.17) is 0 Å². The zero-order chi connectivity index (χ0) is 17.8. The van der Waals surface area contributed by atoms with E-state index in [1.807, 2.05) is 4.90 Å². The minimum Gasteiger partial charge on any atom is -0.351 e. The lowest BCUT2D eigenvalue weighted by atomic mass is 10.2. The molecule has 2 saturated heterocycles. The van der Waals surface area contributed by atoms with Crippen molar-refractivity contribution in [1.29, 1.82) is 0 Å². The van der Waals surface area contributed by atoms with Crippen LogP contribution in [-0.4, -0.2) is 60.4 Å². The molecular weight excluding hydrogens is 328 g/mol. The monoisotopic (exact) mass is 351 g/mol. The Bertz CT molecular complexity index is 647. The predicted molar refractivity (Wildman–Crippen MR) is 89.1 cm³/mol. The Morgan fingerprint density at radius 3 is 2.64 bits per heavy atom. The van der Waals surface area contributed by atoms with Crippen molar-refractivity contribution < 1.29 is 18.4 Å². The summed E-state index contributed by atoms with van der Waals surface area (Å²) in [5.74, 6) is -2.27. The average molecular weight is 351 g/mol. The summed E-state index contributed by atoms with van der Waals surface area (Å²) in [5, 5.41) is 2.52. The fourth-order valence-corrected chi connectivity index (χ4v) is 3.58. The zero-order valence-corrected chi connectivity index (χ0v) is 14.1. The minimum atomic E-state index is -0.906. The molecular formula is C18H23F2N3O2. The van der Waals surface area contributed by atoms with Crippen molar-refractivity contribution in [2.24, 2.45) is 0 Å². The maximum Gasteiger partial charge on any atom is 0.254 e. The van der Waals surface area contributed by atoms with Crippen LogP contribution in [0.2, 0.25) is 0 Å². The second-order valence-electron chi connectivity index (χ2n) is 6.66. The number of carbonyl (C=O) groups is 2. The topological polar surface area (TPSA) is 52.7 Å². The van der Waals surface area contributed by atoms with Crippen LogP contribution in [0.15, 0.2) is 18.2 Å². The molecule has 1 atom stereocenters. The summed E-state index contributed by atoms with van der Waals surface area (Å²) in [6.07, 6.45) is 3.65. The number of hydrogen-bond donors (Lipinski definition) is 1. The fourth-order valence-electron chi connectivity index (χ4n) is 3.58. The molecule has 1 N–H and O–H groups in total. The number of amides is 2. The van der Waals surface area contributed by atoms with E-state index >= 15 is 0 Å². The molecule has 2 aliphatic heterocycles. The van der Waals surface area contributed by atoms with E-state index in [1.165, 1.54) is 12.8 Å². The van der Waals surface area contributed by atoms with Crippen LogP contribution in [0.25, 0.3) is 0 Å². The lowest BCUT2D eigenvalue weighted by Gasteiger charge is -2.23. The molecule has 0 saturated carbocycles. The average Bonchev–Trinajstić information content (AvgIpc) is 3.26. The molecule has 0 aromatic heterocycles. The van der Waals surface area contributed by atoms with Gasteiger partial charge in [0.25, 0.3) is 5.91 Å². The van der Waals surface area contributed by atoms with Crippen molar-refractivity contribution in [1.82, 2.24) is 15.1 Å². The summed E-state index contributed by atoms with van der Waals surface area (Å²) in [7, 11) is 0. The molecule has 0 spiro atoms. The Labute approximate surface area is 146 Å². The van der Waals surface area contributed by atoms with E-state index in [0.717, 1.165) is 44.7 Å². The Morgan fingerprint density at radius 1 is 1.16 bits per heavy atom. The van der Waals surface area contributed by atoms with E-state index in [1.54, 1.807) is 0 Å². The number of carbonyl (C=O) groups excluding carboxylic acids is 2. The smallest absolute Gasteiger partial charge is 0.254 e. The molecule has 5 nitrogen and oxygen atoms in total. The molecule has 1 aromatic rings. The van der Waals surface area contributed by atoms with Gasteiger partial charge in [-0.25, -0.2) is 8.78 Å². The van der Waals surface area contributed by atoms with Crippen LogP contribution >= 0.6 is 0 Å². The molecule has 0 bridgehead atoms. The molecule has 2 heterocycles. The van der Waals surface area contributed by atoms with Crippen molar-refractivity contribution in [3.63, 3.8) is 0 Å². The van der Waals surface area contributed by atoms with Gasteiger partial charge >= 0.3 is 0 Å². The molecule has 0 radical (unpaired) electrons. The molecule has 3 rings (SSSR count). The van der Waals surface area contributed by atoms with Crippen LogP contribution in [-0.2, 0) is 4.79 Å². The summed E-state index contributed by atoms with van der Waals surface area (Å²) in [5.41, 5.74) is -0.218. The Morgan fingerprint density at radius 2 is 1.92 bits per heavy atom. The van der Waals surface area contributed by atoms with Gasteiger partial charge in [0.05, 0.1) is 5.56 Å². The second kappa shape index (κ2) is 7.91. The Kier molecular flexibility index (Phi) is 5.63. The normalized spacial score (nSPS) is 20.9. The third-order valence-electron chi connectivity index (χ3n) is 4.97. The van der Waals surface area contributed by atoms with Crippen molar-refractivity contribution >= 4 is 11.8 Å². The third-order valence-corrected chi connectivity index (χ3v) is 4.97. The van der Waals surface area contributed by atoms with Crippen molar-refractivity contribution in [2.45, 2.75) is 31.7 Å². The third kappa shape index (κ3) is 4.34. The van der Waals surface area contributed by atoms with Crippen LogP contribution in [0, 0.1) is 11.6 Å². The van der Waals surface area contributed by atoms with Crippen molar-refractivity contribution in [2.75, 3.05) is 32.7 Å². The molecule has 136 valence electrons. The first-order valence-corrected chi connectivity index (χ1v) is 8.79. The SMILES string of the molecule is O=C(NCCC(=O)N1CCC(N2CCCC2)C1)c1ccc(F)cc1F. The number of nitrogens with zero attached hydrogens (tertiary/aromatic N) is 2. The summed E-state index contributed by atoms with van der Waals surface area (Å²) in [4.78, 5) is 28.5. The highest BCUT2D eigenvalue weighted by molar-refractivity contribution is 5.94. The van der Waals surface area contributed by atoms with E-state index in [2.05, 4.69) is 10.2 Å². The highest BCUT2D eigenvalue weighted by Crippen LogP contribution is 2.20. The number of hydrogen-bond acceptors (Lipinski definition) is 3. The number of halogens is 2. The van der Waals surface area contributed by atoms with Crippen molar-refractivity contribution in [3.05, 3.63) is 35.4 Å². The van der Waals surface area contributed by atoms with Gasteiger partial charge in [-0.2, -0.15) is 0 Å². The van der Waals surface area contributed by atoms with Gasteiger partial charge in [0.1, 0.15) is 11.6 Å². The van der Waals surface area contributed by atoms with E-state index in [-0.39, 0.29) is 24.4 Å². The highest BCUT2D eigenvalue weighted by atomic mass is 19.1. The van der Waals surface area contributed by atoms with Gasteiger partial charge in [0, 0.05) is 38.2 Å². The van der Waals surface area contributed by atoms with E-state index < -0.39 is 17.5 Å². The van der Waals surface area contributed by atoms with Crippen LogP contribution in [0.1, 0.15) is 36.0 Å². The van der Waals surface area contributed by atoms with Gasteiger partial charge in [-0.15, -0.1) is 0 Å². The summed E-state index contributed by atoms with van der Waals surface area (Å²) < 4.78 is 26.4. The van der Waals surface area contributed by atoms with Crippen LogP contribution in [0.5, 0.6) is 0 Å². The zero-order valence-electron chi connectivity index (χ0n) is 14.1. The van der Waals surface area contributed by atoms with Gasteiger partial charge in [-0.1, -0.05) is 0 Å². The Hall–Kier alpha value is -2.02. The summed E-state index contributed by atoms with van der Waals surface area (Å²) in [6, 6.07) is 3.26. The van der Waals surface area contributed by atoms with Gasteiger partial charge < -0.3 is 10.2 Å². The van der Waals surface area contributed by atoms with E-state index in [0.29, 0.717) is 12.1 Å². The molecule has 7 heteroatoms. The molecule has 2 amide bonds. The first kappa shape index (κ1) is 17.8. The molecule has 0 aliphatic carbocycles. The molecule has 25 heavy (non-hydrogen) atoms. The standard InChI is InChI=1S/C18H23F2N3O2/c19-13-3-4-15(16(20)11-13)18(25)21-7-5-17(24)23-10-6-14(12-23)22-8-1-2-9-22/h3-4,11,14H,1-2,5-10,12H2,(H,21,25). The van der Waals surface area contributed by atoms with Gasteiger partial charge in [-0.3, -0.25) is 14.5 Å². The fraction of sp³-hybridized carbons (Fsp3) is 0.556. The van der Waals surface area contributed by atoms with E-state index in [9.17, 15) is 18.4 Å². The first-order valence-electron chi connectivity index (χ1n) is 8.79. The molecule has 2 fully saturated rings. The van der Waals surface area contributed by atoms with Gasteiger partial charge in [0.15, 0.2) is 0 Å². The molecule has 1 unspecified atom stereocenters. The number of rotatable bonds is 5. The van der Waals surface area contributed by atoms with Crippen molar-refractivity contribution in [3.8, 4) is 0 Å². The maximum atomic E-state index is 13.5. The highest BCUT2D eigenvalue weighted by Gasteiger charge is 2.31. The van der Waals surface area contributed by atoms with Crippen LogP contribution in [0.4, 0.5) is 8.78 Å². The van der Waals surface area contributed by atoms with Gasteiger partial charge in [0.2, 0.25) is 5.91 Å². The molecule has 1 aromatic carbocycles. The van der Waals surface area contributed by atoms with Crippen LogP contribution in [0.3, 0.4) is 0 Å². The largest absolute Gasteiger partial charge is 0.351 e. The lowest BCUT2D eigenvalue weighted by Crippen LogP contribution is -2.38.